The Morgan fingerprint density at radius 3 is 0.842 bits per heavy atom. The SMILES string of the molecule is CC/C=C\C/C=C\C/C=C\C/C=C\C/C=C\CCCCCCCCCCCCCCCCCCCCCCCCCC(=O)OC(COC(=O)CCCCCCCCCCCCCCCCCCCC/C=C\C/C=C\C/C=C\C/C=C\CC)COC(OCC[N+](C)(C)C)C(=O)[O-]. The van der Waals surface area contributed by atoms with E-state index in [2.05, 4.69) is 123 Å². The van der Waals surface area contributed by atoms with E-state index in [0.29, 0.717) is 23.9 Å². The molecule has 0 aliphatic heterocycles. The van der Waals surface area contributed by atoms with Crippen molar-refractivity contribution in [2.75, 3.05) is 47.5 Å². The van der Waals surface area contributed by atoms with Gasteiger partial charge in [-0.05, 0) is 96.3 Å². The highest BCUT2D eigenvalue weighted by Gasteiger charge is 2.22. The minimum atomic E-state index is -1.62. The van der Waals surface area contributed by atoms with Crippen LogP contribution >= 0.6 is 0 Å². The lowest BCUT2D eigenvalue weighted by Gasteiger charge is -2.26. The standard InChI is InChI=1S/C86H151NO8/c1-6-8-10-12-14-16-18-20-22-24-26-28-30-32-34-36-38-39-40-41-42-43-44-45-47-49-51-53-55-57-59-61-63-65-67-69-71-73-75-77-84(89)95-82(81-94-86(85(90)91)92-79-78-87(3,4)5)80-93-83(88)76-74-72-70-68-66-64-62-60-58-56-54-52-50-48-46-37-35-33-31-29-27-25-23-21-19-17-15-13-11-9-7-2/h8-11,14-17,20-23,26-29,32,34,82,86H,6-7,12-13,18-19,24-25,30-31,33,35-81H2,1-5H3/b10-8-,11-9-,16-14-,17-15-,22-20-,23-21-,28-26-,29-27-,34-32-. The Labute approximate surface area is 587 Å². The first-order valence-corrected chi connectivity index (χ1v) is 40.0. The molecular weight excluding hydrogens is 1170 g/mol. The zero-order valence-electron chi connectivity index (χ0n) is 62.8. The van der Waals surface area contributed by atoms with Gasteiger partial charge in [0.15, 0.2) is 12.4 Å². The summed E-state index contributed by atoms with van der Waals surface area (Å²) in [4.78, 5) is 37.6. The fourth-order valence-electron chi connectivity index (χ4n) is 11.5. The molecule has 2 unspecified atom stereocenters. The number of carboxylic acids is 1. The molecule has 95 heavy (non-hydrogen) atoms. The number of allylic oxidation sites excluding steroid dienone is 18. The van der Waals surface area contributed by atoms with E-state index in [1.54, 1.807) is 0 Å². The Hall–Kier alpha value is -4.05. The van der Waals surface area contributed by atoms with Gasteiger partial charge in [-0.3, -0.25) is 9.59 Å². The molecule has 0 amide bonds. The Morgan fingerprint density at radius 2 is 0.568 bits per heavy atom. The second-order valence-electron chi connectivity index (χ2n) is 27.9. The van der Waals surface area contributed by atoms with Crippen LogP contribution in [-0.4, -0.2) is 82.3 Å². The molecule has 0 aliphatic carbocycles. The first-order chi connectivity index (χ1) is 46.6. The van der Waals surface area contributed by atoms with Crippen molar-refractivity contribution >= 4 is 17.9 Å². The molecule has 2 atom stereocenters. The van der Waals surface area contributed by atoms with Crippen LogP contribution in [-0.2, 0) is 33.3 Å². The molecular formula is C86H151NO8. The molecule has 0 aromatic carbocycles. The van der Waals surface area contributed by atoms with E-state index in [1.807, 2.05) is 21.1 Å². The monoisotopic (exact) mass is 1330 g/mol. The van der Waals surface area contributed by atoms with Crippen molar-refractivity contribution in [3.05, 3.63) is 109 Å². The van der Waals surface area contributed by atoms with Crippen LogP contribution in [0.5, 0.6) is 0 Å². The Morgan fingerprint density at radius 1 is 0.316 bits per heavy atom. The van der Waals surface area contributed by atoms with Crippen LogP contribution in [0.4, 0.5) is 0 Å². The minimum Gasteiger partial charge on any atom is -0.545 e. The van der Waals surface area contributed by atoms with Gasteiger partial charge in [-0.25, -0.2) is 0 Å². The van der Waals surface area contributed by atoms with E-state index >= 15 is 0 Å². The number of carbonyl (C=O) groups excluding carboxylic acids is 3. The first-order valence-electron chi connectivity index (χ1n) is 40.0. The molecule has 0 fully saturated rings. The van der Waals surface area contributed by atoms with Gasteiger partial charge in [0.25, 0.3) is 0 Å². The number of unbranched alkanes of at least 4 members (excludes halogenated alkanes) is 41. The van der Waals surface area contributed by atoms with Gasteiger partial charge in [0, 0.05) is 12.8 Å². The summed E-state index contributed by atoms with van der Waals surface area (Å²) in [6.07, 6.45) is 104. The molecule has 0 aromatic rings. The molecule has 0 saturated carbocycles. The van der Waals surface area contributed by atoms with Crippen molar-refractivity contribution < 1.29 is 42.9 Å². The number of ether oxygens (including phenoxy) is 4. The van der Waals surface area contributed by atoms with Crippen molar-refractivity contribution in [3.63, 3.8) is 0 Å². The molecule has 9 heteroatoms. The number of likely N-dealkylation sites (N-methyl/N-ethyl adjacent to an activating group) is 1. The summed E-state index contributed by atoms with van der Waals surface area (Å²) in [6, 6.07) is 0. The predicted molar refractivity (Wildman–Crippen MR) is 407 cm³/mol. The fraction of sp³-hybridized carbons (Fsp3) is 0.756. The van der Waals surface area contributed by atoms with E-state index in [4.69, 9.17) is 18.9 Å². The van der Waals surface area contributed by atoms with Crippen LogP contribution in [0.1, 0.15) is 361 Å². The smallest absolute Gasteiger partial charge is 0.306 e. The highest BCUT2D eigenvalue weighted by Crippen LogP contribution is 2.19. The fourth-order valence-corrected chi connectivity index (χ4v) is 11.5. The van der Waals surface area contributed by atoms with Gasteiger partial charge in [0.2, 0.25) is 0 Å². The van der Waals surface area contributed by atoms with E-state index in [9.17, 15) is 19.5 Å². The molecule has 0 aromatic heterocycles. The van der Waals surface area contributed by atoms with Gasteiger partial charge in [-0.2, -0.15) is 0 Å². The van der Waals surface area contributed by atoms with E-state index in [1.165, 1.54) is 238 Å². The average molecular weight is 1330 g/mol. The average Bonchev–Trinajstić information content (AvgIpc) is 2.92. The quantitative estimate of drug-likeness (QED) is 0.0195. The first kappa shape index (κ1) is 91.0. The Kier molecular flexibility index (Phi) is 72.5. The zero-order valence-corrected chi connectivity index (χ0v) is 62.8. The van der Waals surface area contributed by atoms with E-state index in [0.717, 1.165) is 89.9 Å². The van der Waals surface area contributed by atoms with Crippen molar-refractivity contribution in [1.29, 1.82) is 0 Å². The number of hydrogen-bond acceptors (Lipinski definition) is 8. The van der Waals surface area contributed by atoms with Gasteiger partial charge in [-0.15, -0.1) is 0 Å². The topological polar surface area (TPSA) is 111 Å². The third-order valence-electron chi connectivity index (χ3n) is 17.5. The number of carboxylic acid groups (broad SMARTS) is 1. The Bertz CT molecular complexity index is 1930. The lowest BCUT2D eigenvalue weighted by Crippen LogP contribution is -2.44. The number of esters is 2. The van der Waals surface area contributed by atoms with Crippen LogP contribution in [0.2, 0.25) is 0 Å². The van der Waals surface area contributed by atoms with Crippen LogP contribution in [0, 0.1) is 0 Å². The normalized spacial score (nSPS) is 13.2. The van der Waals surface area contributed by atoms with E-state index in [-0.39, 0.29) is 32.2 Å². The van der Waals surface area contributed by atoms with Crippen LogP contribution in [0.3, 0.4) is 0 Å². The number of carbonyl (C=O) groups is 3. The molecule has 0 saturated heterocycles. The van der Waals surface area contributed by atoms with Crippen molar-refractivity contribution in [1.82, 2.24) is 0 Å². The Balaban J connectivity index is 3.98. The maximum Gasteiger partial charge on any atom is 0.306 e. The summed E-state index contributed by atoms with van der Waals surface area (Å²) in [5, 5.41) is 11.9. The molecule has 0 heterocycles. The molecule has 9 nitrogen and oxygen atoms in total. The lowest BCUT2D eigenvalue weighted by molar-refractivity contribution is -0.870. The summed E-state index contributed by atoms with van der Waals surface area (Å²) < 4.78 is 22.9. The van der Waals surface area contributed by atoms with Crippen molar-refractivity contribution in [2.45, 2.75) is 373 Å². The lowest BCUT2D eigenvalue weighted by atomic mass is 10.0. The third kappa shape index (κ3) is 77.2. The highest BCUT2D eigenvalue weighted by atomic mass is 16.7. The number of hydrogen-bond donors (Lipinski definition) is 0. The van der Waals surface area contributed by atoms with Gasteiger partial charge in [0.1, 0.15) is 13.2 Å². The summed E-state index contributed by atoms with van der Waals surface area (Å²) >= 11 is 0. The van der Waals surface area contributed by atoms with Gasteiger partial charge < -0.3 is 33.3 Å². The van der Waals surface area contributed by atoms with Crippen LogP contribution < -0.4 is 5.11 Å². The van der Waals surface area contributed by atoms with E-state index < -0.39 is 24.3 Å². The largest absolute Gasteiger partial charge is 0.545 e. The molecule has 0 bridgehead atoms. The molecule has 0 aliphatic rings. The molecule has 0 N–H and O–H groups in total. The van der Waals surface area contributed by atoms with Gasteiger partial charge in [0.05, 0.1) is 40.3 Å². The molecule has 548 valence electrons. The minimum absolute atomic E-state index is 0.147. The summed E-state index contributed by atoms with van der Waals surface area (Å²) in [6.45, 7) is 4.57. The maximum atomic E-state index is 13.0. The number of aliphatic carboxylic acids is 1. The highest BCUT2D eigenvalue weighted by molar-refractivity contribution is 5.70. The maximum absolute atomic E-state index is 13.0. The number of quaternary nitrogens is 1. The zero-order chi connectivity index (χ0) is 69.0. The van der Waals surface area contributed by atoms with Gasteiger partial charge >= 0.3 is 11.9 Å². The van der Waals surface area contributed by atoms with Crippen LogP contribution in [0.25, 0.3) is 0 Å². The number of nitrogens with zero attached hydrogens (tertiary/aromatic N) is 1. The molecule has 0 rings (SSSR count). The summed E-state index contributed by atoms with van der Waals surface area (Å²) in [5.74, 6) is -2.26. The summed E-state index contributed by atoms with van der Waals surface area (Å²) in [5.41, 5.74) is 0. The van der Waals surface area contributed by atoms with Gasteiger partial charge in [-0.1, -0.05) is 361 Å². The van der Waals surface area contributed by atoms with Crippen LogP contribution in [0.15, 0.2) is 109 Å². The molecule has 0 radical (unpaired) electrons. The van der Waals surface area contributed by atoms with Crippen molar-refractivity contribution in [2.24, 2.45) is 0 Å². The second-order valence-corrected chi connectivity index (χ2v) is 27.9. The third-order valence-corrected chi connectivity index (χ3v) is 17.5. The number of rotatable bonds is 74. The second kappa shape index (κ2) is 75.7. The molecule has 0 spiro atoms. The summed E-state index contributed by atoms with van der Waals surface area (Å²) in [7, 11) is 5.94. The predicted octanol–water partition coefficient (Wildman–Crippen LogP) is 24.4. The van der Waals surface area contributed by atoms with Crippen molar-refractivity contribution in [3.8, 4) is 0 Å².